The summed E-state index contributed by atoms with van der Waals surface area (Å²) in [5, 5.41) is 8.77. The highest BCUT2D eigenvalue weighted by molar-refractivity contribution is 5.94. The molecule has 2 heterocycles. The molecule has 0 aromatic carbocycles. The van der Waals surface area contributed by atoms with Crippen LogP contribution in [0.1, 0.15) is 21.9 Å². The summed E-state index contributed by atoms with van der Waals surface area (Å²) in [5.74, 6) is 5.82. The Morgan fingerprint density at radius 1 is 1.43 bits per heavy atom. The lowest BCUT2D eigenvalue weighted by molar-refractivity contribution is 0.0774. The van der Waals surface area contributed by atoms with E-state index in [9.17, 15) is 4.79 Å². The third-order valence-corrected chi connectivity index (χ3v) is 2.96. The molecule has 0 saturated heterocycles. The molecule has 0 aliphatic heterocycles. The summed E-state index contributed by atoms with van der Waals surface area (Å²) < 4.78 is 1.86. The van der Waals surface area contributed by atoms with Crippen LogP contribution in [0.15, 0.2) is 30.7 Å². The minimum absolute atomic E-state index is 0.235. The molecule has 1 N–H and O–H groups in total. The van der Waals surface area contributed by atoms with E-state index in [2.05, 4.69) is 21.8 Å². The van der Waals surface area contributed by atoms with Crippen LogP contribution in [-0.2, 0) is 13.6 Å². The Balaban J connectivity index is 2.21. The van der Waals surface area contributed by atoms with Crippen LogP contribution in [0.3, 0.4) is 0 Å². The van der Waals surface area contributed by atoms with E-state index in [1.807, 2.05) is 17.8 Å². The van der Waals surface area contributed by atoms with Crippen molar-refractivity contribution in [2.75, 3.05) is 13.7 Å². The summed E-state index contributed by atoms with van der Waals surface area (Å²) in [6.07, 6.45) is 5.06. The van der Waals surface area contributed by atoms with E-state index in [4.69, 9.17) is 5.11 Å². The van der Waals surface area contributed by atoms with Crippen molar-refractivity contribution in [1.82, 2.24) is 19.4 Å². The molecule has 108 valence electrons. The van der Waals surface area contributed by atoms with Gasteiger partial charge in [0, 0.05) is 32.7 Å². The number of nitrogens with zero attached hydrogens (tertiary/aromatic N) is 4. The second kappa shape index (κ2) is 6.68. The molecular formula is C15H16N4O2. The predicted octanol–water partition coefficient (Wildman–Crippen LogP) is 0.431. The van der Waals surface area contributed by atoms with Gasteiger partial charge in [0.1, 0.15) is 18.1 Å². The minimum Gasteiger partial charge on any atom is -0.384 e. The van der Waals surface area contributed by atoms with E-state index in [-0.39, 0.29) is 18.2 Å². The summed E-state index contributed by atoms with van der Waals surface area (Å²) in [6, 6.07) is 3.41. The van der Waals surface area contributed by atoms with Crippen molar-refractivity contribution in [2.45, 2.75) is 6.54 Å². The van der Waals surface area contributed by atoms with Crippen LogP contribution in [-0.4, -0.2) is 44.1 Å². The number of hydrogen-bond acceptors (Lipinski definition) is 4. The zero-order valence-electron chi connectivity index (χ0n) is 11.9. The number of aliphatic hydroxyl groups is 1. The molecule has 0 fully saturated rings. The molecule has 6 nitrogen and oxygen atoms in total. The number of pyridine rings is 1. The zero-order valence-corrected chi connectivity index (χ0v) is 11.9. The lowest BCUT2D eigenvalue weighted by atomic mass is 10.2. The lowest BCUT2D eigenvalue weighted by Gasteiger charge is -2.17. The lowest BCUT2D eigenvalue weighted by Crippen LogP contribution is -2.29. The summed E-state index contributed by atoms with van der Waals surface area (Å²) in [6.45, 7) is 0.122. The van der Waals surface area contributed by atoms with Crippen molar-refractivity contribution in [3.63, 3.8) is 0 Å². The topological polar surface area (TPSA) is 71.2 Å². The Bertz CT molecular complexity index is 697. The first-order valence-electron chi connectivity index (χ1n) is 6.40. The number of amides is 1. The van der Waals surface area contributed by atoms with Gasteiger partial charge in [-0.3, -0.25) is 4.79 Å². The average Bonchev–Trinajstić information content (AvgIpc) is 2.90. The van der Waals surface area contributed by atoms with Gasteiger partial charge in [0.25, 0.3) is 5.91 Å². The molecule has 0 radical (unpaired) electrons. The van der Waals surface area contributed by atoms with Crippen LogP contribution in [0.25, 0.3) is 0 Å². The Labute approximate surface area is 123 Å². The van der Waals surface area contributed by atoms with Crippen LogP contribution in [0.5, 0.6) is 0 Å². The van der Waals surface area contributed by atoms with Crippen molar-refractivity contribution < 1.29 is 9.90 Å². The van der Waals surface area contributed by atoms with Gasteiger partial charge in [0.05, 0.1) is 12.1 Å². The highest BCUT2D eigenvalue weighted by Crippen LogP contribution is 2.09. The number of rotatable bonds is 3. The third kappa shape index (κ3) is 3.46. The molecule has 0 aliphatic rings. The first-order valence-corrected chi connectivity index (χ1v) is 6.40. The second-order valence-corrected chi connectivity index (χ2v) is 4.48. The SMILES string of the molecule is CN(Cc1nccn1C)C(=O)c1ncccc1C#CCO. The van der Waals surface area contributed by atoms with Crippen LogP contribution >= 0.6 is 0 Å². The third-order valence-electron chi connectivity index (χ3n) is 2.96. The molecule has 2 rings (SSSR count). The van der Waals surface area contributed by atoms with E-state index in [0.717, 1.165) is 5.82 Å². The molecule has 1 amide bonds. The molecule has 0 atom stereocenters. The van der Waals surface area contributed by atoms with Gasteiger partial charge in [-0.2, -0.15) is 0 Å². The molecule has 0 saturated carbocycles. The first-order chi connectivity index (χ1) is 10.1. The van der Waals surface area contributed by atoms with Crippen LogP contribution in [0.4, 0.5) is 0 Å². The normalized spacial score (nSPS) is 9.86. The maximum atomic E-state index is 12.5. The number of hydrogen-bond donors (Lipinski definition) is 1. The Morgan fingerprint density at radius 2 is 2.24 bits per heavy atom. The number of aliphatic hydroxyl groups excluding tert-OH is 1. The van der Waals surface area contributed by atoms with Gasteiger partial charge in [-0.25, -0.2) is 9.97 Å². The number of aromatic nitrogens is 3. The largest absolute Gasteiger partial charge is 0.384 e. The fourth-order valence-corrected chi connectivity index (χ4v) is 1.82. The molecule has 2 aromatic heterocycles. The van der Waals surface area contributed by atoms with Gasteiger partial charge in [0.2, 0.25) is 0 Å². The van der Waals surface area contributed by atoms with E-state index >= 15 is 0 Å². The van der Waals surface area contributed by atoms with Crippen molar-refractivity contribution in [1.29, 1.82) is 0 Å². The number of aryl methyl sites for hydroxylation is 1. The number of imidazole rings is 1. The molecule has 0 unspecified atom stereocenters. The van der Waals surface area contributed by atoms with Crippen LogP contribution in [0.2, 0.25) is 0 Å². The Hall–Kier alpha value is -2.65. The first kappa shape index (κ1) is 14.8. The number of carbonyl (C=O) groups is 1. The Kier molecular flexibility index (Phi) is 4.69. The van der Waals surface area contributed by atoms with E-state index in [1.165, 1.54) is 4.90 Å². The highest BCUT2D eigenvalue weighted by atomic mass is 16.2. The molecule has 0 bridgehead atoms. The standard InChI is InChI=1S/C15H16N4O2/c1-18-9-8-16-13(18)11-19(2)15(21)14-12(6-4-10-20)5-3-7-17-14/h3,5,7-9,20H,10-11H2,1-2H3. The fourth-order valence-electron chi connectivity index (χ4n) is 1.82. The zero-order chi connectivity index (χ0) is 15.2. The van der Waals surface area contributed by atoms with Crippen molar-refractivity contribution in [3.05, 3.63) is 47.8 Å². The van der Waals surface area contributed by atoms with Gasteiger partial charge < -0.3 is 14.6 Å². The average molecular weight is 284 g/mol. The van der Waals surface area contributed by atoms with Gasteiger partial charge in [-0.15, -0.1) is 0 Å². The molecular weight excluding hydrogens is 268 g/mol. The minimum atomic E-state index is -0.258. The van der Waals surface area contributed by atoms with Gasteiger partial charge >= 0.3 is 0 Å². The fraction of sp³-hybridized carbons (Fsp3) is 0.267. The summed E-state index contributed by atoms with van der Waals surface area (Å²) >= 11 is 0. The maximum absolute atomic E-state index is 12.5. The van der Waals surface area contributed by atoms with Crippen LogP contribution in [0, 0.1) is 11.8 Å². The predicted molar refractivity (Wildman–Crippen MR) is 77.2 cm³/mol. The van der Waals surface area contributed by atoms with E-state index in [0.29, 0.717) is 12.1 Å². The molecule has 2 aromatic rings. The highest BCUT2D eigenvalue weighted by Gasteiger charge is 2.17. The quantitative estimate of drug-likeness (QED) is 0.830. The van der Waals surface area contributed by atoms with E-state index in [1.54, 1.807) is 31.6 Å². The second-order valence-electron chi connectivity index (χ2n) is 4.48. The maximum Gasteiger partial charge on any atom is 0.273 e. The number of carbonyl (C=O) groups excluding carboxylic acids is 1. The Morgan fingerprint density at radius 3 is 2.90 bits per heavy atom. The smallest absolute Gasteiger partial charge is 0.273 e. The van der Waals surface area contributed by atoms with Gasteiger partial charge in [0.15, 0.2) is 0 Å². The van der Waals surface area contributed by atoms with E-state index < -0.39 is 0 Å². The van der Waals surface area contributed by atoms with Crippen molar-refractivity contribution in [2.24, 2.45) is 7.05 Å². The van der Waals surface area contributed by atoms with Crippen LogP contribution < -0.4 is 0 Å². The molecule has 6 heteroatoms. The molecule has 0 aliphatic carbocycles. The molecule has 21 heavy (non-hydrogen) atoms. The van der Waals surface area contributed by atoms with Crippen molar-refractivity contribution >= 4 is 5.91 Å². The van der Waals surface area contributed by atoms with Crippen molar-refractivity contribution in [3.8, 4) is 11.8 Å². The van der Waals surface area contributed by atoms with Gasteiger partial charge in [-0.1, -0.05) is 11.8 Å². The van der Waals surface area contributed by atoms with Gasteiger partial charge in [-0.05, 0) is 12.1 Å². The summed E-state index contributed by atoms with van der Waals surface area (Å²) in [5.41, 5.74) is 0.776. The summed E-state index contributed by atoms with van der Waals surface area (Å²) in [7, 11) is 3.56. The molecule has 0 spiro atoms. The summed E-state index contributed by atoms with van der Waals surface area (Å²) in [4.78, 5) is 22.3. The monoisotopic (exact) mass is 284 g/mol.